The van der Waals surface area contributed by atoms with E-state index in [9.17, 15) is 14.4 Å². The Balaban J connectivity index is 2.57. The highest BCUT2D eigenvalue weighted by molar-refractivity contribution is 7.08. The van der Waals surface area contributed by atoms with Crippen molar-refractivity contribution >= 4 is 28.7 Å². The predicted octanol–water partition coefficient (Wildman–Crippen LogP) is 0.883. The van der Waals surface area contributed by atoms with Gasteiger partial charge in [0.2, 0.25) is 0 Å². The molecule has 0 saturated carbocycles. The highest BCUT2D eigenvalue weighted by Gasteiger charge is 2.25. The van der Waals surface area contributed by atoms with Gasteiger partial charge in [0.05, 0.1) is 12.2 Å². The van der Waals surface area contributed by atoms with Gasteiger partial charge in [0.15, 0.2) is 5.69 Å². The molecule has 0 radical (unpaired) electrons. The van der Waals surface area contributed by atoms with E-state index in [0.717, 1.165) is 0 Å². The van der Waals surface area contributed by atoms with Crippen LogP contribution in [0.15, 0.2) is 26.4 Å². The average molecular weight is 352 g/mol. The van der Waals surface area contributed by atoms with E-state index in [1.807, 2.05) is 6.92 Å². The molecule has 0 aromatic carbocycles. The van der Waals surface area contributed by atoms with Crippen LogP contribution in [0.4, 0.5) is 11.5 Å². The van der Waals surface area contributed by atoms with E-state index in [-0.39, 0.29) is 30.6 Å². The van der Waals surface area contributed by atoms with Crippen LogP contribution in [-0.2, 0) is 11.3 Å². The van der Waals surface area contributed by atoms with E-state index < -0.39 is 11.2 Å². The first-order chi connectivity index (χ1) is 11.5. The van der Waals surface area contributed by atoms with Crippen LogP contribution in [0, 0.1) is 0 Å². The van der Waals surface area contributed by atoms with Crippen molar-refractivity contribution in [3.63, 3.8) is 0 Å². The lowest BCUT2D eigenvalue weighted by Crippen LogP contribution is -2.42. The lowest BCUT2D eigenvalue weighted by Gasteiger charge is -2.23. The third kappa shape index (κ3) is 3.57. The van der Waals surface area contributed by atoms with Gasteiger partial charge in [-0.2, -0.15) is 11.3 Å². The van der Waals surface area contributed by atoms with Gasteiger partial charge in [-0.15, -0.1) is 0 Å². The monoisotopic (exact) mass is 352 g/mol. The van der Waals surface area contributed by atoms with E-state index in [4.69, 9.17) is 10.5 Å². The molecule has 2 heterocycles. The highest BCUT2D eigenvalue weighted by Crippen LogP contribution is 2.20. The van der Waals surface area contributed by atoms with Crippen LogP contribution in [0.5, 0.6) is 0 Å². The molecule has 1 amide bonds. The van der Waals surface area contributed by atoms with Gasteiger partial charge in [-0.05, 0) is 17.9 Å². The van der Waals surface area contributed by atoms with Crippen molar-refractivity contribution in [1.29, 1.82) is 0 Å². The van der Waals surface area contributed by atoms with Crippen LogP contribution in [-0.4, -0.2) is 35.7 Å². The molecule has 0 aliphatic rings. The number of methoxy groups -OCH3 is 1. The van der Waals surface area contributed by atoms with Gasteiger partial charge in [0, 0.05) is 25.6 Å². The zero-order valence-electron chi connectivity index (χ0n) is 13.6. The van der Waals surface area contributed by atoms with Gasteiger partial charge < -0.3 is 10.5 Å². The van der Waals surface area contributed by atoms with Gasteiger partial charge in [-0.3, -0.25) is 24.0 Å². The van der Waals surface area contributed by atoms with E-state index in [1.165, 1.54) is 27.9 Å². The molecule has 0 fully saturated rings. The van der Waals surface area contributed by atoms with Gasteiger partial charge in [-0.25, -0.2) is 4.79 Å². The number of amides is 1. The Labute approximate surface area is 142 Å². The van der Waals surface area contributed by atoms with E-state index in [1.54, 1.807) is 16.8 Å². The Morgan fingerprint density at radius 1 is 1.46 bits per heavy atom. The van der Waals surface area contributed by atoms with E-state index >= 15 is 0 Å². The number of aromatic nitrogens is 2. The quantitative estimate of drug-likeness (QED) is 0.769. The first-order valence-electron chi connectivity index (χ1n) is 7.46. The maximum atomic E-state index is 12.8. The molecule has 3 N–H and O–H groups in total. The molecule has 24 heavy (non-hydrogen) atoms. The molecule has 0 atom stereocenters. The molecule has 0 aliphatic carbocycles. The lowest BCUT2D eigenvalue weighted by atomic mass is 10.2. The molecule has 0 spiro atoms. The summed E-state index contributed by atoms with van der Waals surface area (Å²) in [5.41, 5.74) is 5.19. The highest BCUT2D eigenvalue weighted by atomic mass is 32.1. The Hall–Kier alpha value is -2.39. The number of nitrogen functional groups attached to an aromatic ring is 1. The fourth-order valence-electron chi connectivity index (χ4n) is 2.32. The van der Waals surface area contributed by atoms with Crippen LogP contribution >= 0.6 is 11.3 Å². The van der Waals surface area contributed by atoms with Gasteiger partial charge in [0.25, 0.3) is 11.5 Å². The van der Waals surface area contributed by atoms with Crippen molar-refractivity contribution in [2.75, 3.05) is 30.9 Å². The molecule has 130 valence electrons. The number of H-pyrrole nitrogens is 1. The number of nitrogens with one attached hydrogen (secondary N) is 1. The van der Waals surface area contributed by atoms with Crippen molar-refractivity contribution in [2.24, 2.45) is 0 Å². The molecule has 0 unspecified atom stereocenters. The van der Waals surface area contributed by atoms with Gasteiger partial charge in [-0.1, -0.05) is 6.92 Å². The molecule has 2 aromatic heterocycles. The Morgan fingerprint density at radius 3 is 2.79 bits per heavy atom. The Bertz CT molecular complexity index is 810. The first kappa shape index (κ1) is 18.0. The number of nitrogens with two attached hydrogens (primary N) is 1. The summed E-state index contributed by atoms with van der Waals surface area (Å²) >= 11 is 1.38. The van der Waals surface area contributed by atoms with Gasteiger partial charge in [0.1, 0.15) is 5.82 Å². The van der Waals surface area contributed by atoms with Crippen LogP contribution in [0.3, 0.4) is 0 Å². The molecule has 2 rings (SSSR count). The molecule has 8 nitrogen and oxygen atoms in total. The maximum absolute atomic E-state index is 12.8. The minimum absolute atomic E-state index is 0.0229. The number of ether oxygens (including phenoxy) is 1. The second-order valence-electron chi connectivity index (χ2n) is 5.11. The Morgan fingerprint density at radius 2 is 2.21 bits per heavy atom. The van der Waals surface area contributed by atoms with Crippen LogP contribution in [0.2, 0.25) is 0 Å². The molecule has 9 heteroatoms. The fourth-order valence-corrected chi connectivity index (χ4v) is 2.95. The second-order valence-corrected chi connectivity index (χ2v) is 5.89. The number of rotatable bonds is 7. The van der Waals surface area contributed by atoms with Crippen molar-refractivity contribution in [3.05, 3.63) is 43.2 Å². The summed E-state index contributed by atoms with van der Waals surface area (Å²) in [4.78, 5) is 40.5. The van der Waals surface area contributed by atoms with Crippen molar-refractivity contribution in [3.8, 4) is 0 Å². The van der Waals surface area contributed by atoms with Crippen molar-refractivity contribution < 1.29 is 9.53 Å². The smallest absolute Gasteiger partial charge is 0.330 e. The summed E-state index contributed by atoms with van der Waals surface area (Å²) in [6.45, 7) is 2.60. The van der Waals surface area contributed by atoms with Crippen molar-refractivity contribution in [1.82, 2.24) is 9.55 Å². The molecule has 0 bridgehead atoms. The fraction of sp³-hybridized carbons (Fsp3) is 0.400. The lowest BCUT2D eigenvalue weighted by molar-refractivity contribution is 0.0976. The van der Waals surface area contributed by atoms with Crippen LogP contribution in [0.25, 0.3) is 0 Å². The number of anilines is 2. The zero-order valence-corrected chi connectivity index (χ0v) is 14.4. The largest absolute Gasteiger partial charge is 0.383 e. The first-order valence-corrected chi connectivity index (χ1v) is 8.41. The summed E-state index contributed by atoms with van der Waals surface area (Å²) in [5, 5.41) is 3.46. The number of aromatic amines is 1. The average Bonchev–Trinajstić information content (AvgIpc) is 3.08. The number of carbonyl (C=O) groups excluding carboxylic acids is 1. The van der Waals surface area contributed by atoms with Gasteiger partial charge >= 0.3 is 5.69 Å². The van der Waals surface area contributed by atoms with Crippen LogP contribution < -0.4 is 21.9 Å². The summed E-state index contributed by atoms with van der Waals surface area (Å²) in [5.74, 6) is -0.391. The number of hydrogen-bond acceptors (Lipinski definition) is 6. The molecular weight excluding hydrogens is 332 g/mol. The zero-order chi connectivity index (χ0) is 17.7. The maximum Gasteiger partial charge on any atom is 0.330 e. The standard InChI is InChI=1S/C15H20N4O4S/c1-3-5-19-12(16)11(13(20)17-15(19)22)18(6-7-23-2)14(21)10-4-8-24-9-10/h4,8-9H,3,5-7,16H2,1-2H3,(H,17,20,22). The van der Waals surface area contributed by atoms with Crippen LogP contribution in [0.1, 0.15) is 23.7 Å². The van der Waals surface area contributed by atoms with E-state index in [0.29, 0.717) is 18.5 Å². The summed E-state index contributed by atoms with van der Waals surface area (Å²) in [6, 6.07) is 1.67. The SMILES string of the molecule is CCCn1c(N)c(N(CCOC)C(=O)c2ccsc2)c(=O)[nH]c1=O. The summed E-state index contributed by atoms with van der Waals surface area (Å²) in [7, 11) is 1.50. The molecule has 0 aliphatic heterocycles. The van der Waals surface area contributed by atoms with E-state index in [2.05, 4.69) is 4.98 Å². The summed E-state index contributed by atoms with van der Waals surface area (Å²) < 4.78 is 6.29. The number of carbonyl (C=O) groups is 1. The summed E-state index contributed by atoms with van der Waals surface area (Å²) in [6.07, 6.45) is 0.659. The third-order valence-corrected chi connectivity index (χ3v) is 4.15. The predicted molar refractivity (Wildman–Crippen MR) is 93.9 cm³/mol. The molecule has 0 saturated heterocycles. The number of nitrogens with zero attached hydrogens (tertiary/aromatic N) is 2. The Kier molecular flexibility index (Phi) is 5.93. The van der Waals surface area contributed by atoms with Crippen molar-refractivity contribution in [2.45, 2.75) is 19.9 Å². The number of thiophene rings is 1. The number of hydrogen-bond donors (Lipinski definition) is 2. The minimum atomic E-state index is -0.690. The topological polar surface area (TPSA) is 110 Å². The molecular formula is C15H20N4O4S. The normalized spacial score (nSPS) is 10.8. The third-order valence-electron chi connectivity index (χ3n) is 3.46. The minimum Gasteiger partial charge on any atom is -0.383 e. The molecule has 2 aromatic rings. The second kappa shape index (κ2) is 7.93.